The van der Waals surface area contributed by atoms with Crippen LogP contribution >= 0.6 is 23.2 Å². The smallest absolute Gasteiger partial charge is 0.241 e. The number of nitrogens with zero attached hydrogens (tertiary/aromatic N) is 1. The molecule has 1 atom stereocenters. The Labute approximate surface area is 192 Å². The summed E-state index contributed by atoms with van der Waals surface area (Å²) in [6.07, 6.45) is 1.03. The van der Waals surface area contributed by atoms with Crippen LogP contribution in [0.4, 0.5) is 5.69 Å². The maximum absolute atomic E-state index is 13.0. The minimum atomic E-state index is -3.76. The molecule has 0 aromatic heterocycles. The van der Waals surface area contributed by atoms with Crippen molar-refractivity contribution in [2.45, 2.75) is 13.0 Å². The molecular formula is C23H22Cl2N2O3S. The number of nitrogens with one attached hydrogen (secondary N) is 1. The summed E-state index contributed by atoms with van der Waals surface area (Å²) in [6.45, 7) is 1.57. The van der Waals surface area contributed by atoms with Crippen LogP contribution in [-0.4, -0.2) is 27.1 Å². The van der Waals surface area contributed by atoms with Crippen LogP contribution in [0.25, 0.3) is 0 Å². The maximum atomic E-state index is 13.0. The van der Waals surface area contributed by atoms with Gasteiger partial charge in [0.1, 0.15) is 6.54 Å². The fraction of sp³-hybridized carbons (Fsp3) is 0.174. The first kappa shape index (κ1) is 23.1. The lowest BCUT2D eigenvalue weighted by atomic mass is 9.98. The molecule has 3 rings (SSSR count). The van der Waals surface area contributed by atoms with E-state index in [4.69, 9.17) is 23.2 Å². The number of anilines is 1. The van der Waals surface area contributed by atoms with E-state index in [1.54, 1.807) is 0 Å². The molecule has 3 aromatic carbocycles. The highest BCUT2D eigenvalue weighted by Crippen LogP contribution is 2.27. The molecule has 0 bridgehead atoms. The van der Waals surface area contributed by atoms with Crippen molar-refractivity contribution in [2.75, 3.05) is 17.1 Å². The van der Waals surface area contributed by atoms with Crippen molar-refractivity contribution in [3.05, 3.63) is 99.5 Å². The van der Waals surface area contributed by atoms with Gasteiger partial charge in [-0.05, 0) is 36.2 Å². The Bertz CT molecular complexity index is 1150. The van der Waals surface area contributed by atoms with Crippen LogP contribution in [0, 0.1) is 6.92 Å². The van der Waals surface area contributed by atoms with Crippen molar-refractivity contribution in [3.8, 4) is 0 Å². The predicted molar refractivity (Wildman–Crippen MR) is 126 cm³/mol. The van der Waals surface area contributed by atoms with E-state index in [2.05, 4.69) is 5.32 Å². The van der Waals surface area contributed by atoms with Crippen LogP contribution in [0.1, 0.15) is 22.7 Å². The molecule has 0 unspecified atom stereocenters. The Morgan fingerprint density at radius 3 is 2.03 bits per heavy atom. The standard InChI is InChI=1S/C23H22Cl2N2O3S/c1-16-8-10-18(11-9-16)23(17-6-4-3-5-7-17)26-22(28)15-27(31(2,29)30)21-13-19(24)12-20(25)14-21/h3-14,23H,15H2,1-2H3,(H,26,28)/t23-/m0/s1. The number of sulfonamides is 1. The second kappa shape index (κ2) is 9.73. The minimum Gasteiger partial charge on any atom is -0.344 e. The van der Waals surface area contributed by atoms with Gasteiger partial charge in [0.25, 0.3) is 0 Å². The Balaban J connectivity index is 1.90. The van der Waals surface area contributed by atoms with E-state index in [0.29, 0.717) is 0 Å². The van der Waals surface area contributed by atoms with Gasteiger partial charge in [-0.1, -0.05) is 83.4 Å². The van der Waals surface area contributed by atoms with Crippen LogP contribution in [-0.2, 0) is 14.8 Å². The fourth-order valence-corrected chi connectivity index (χ4v) is 4.54. The lowest BCUT2D eigenvalue weighted by molar-refractivity contribution is -0.120. The van der Waals surface area contributed by atoms with E-state index in [-0.39, 0.29) is 15.7 Å². The van der Waals surface area contributed by atoms with Crippen molar-refractivity contribution in [3.63, 3.8) is 0 Å². The van der Waals surface area contributed by atoms with Crippen LogP contribution in [0.2, 0.25) is 10.0 Å². The first-order valence-corrected chi connectivity index (χ1v) is 12.1. The molecule has 0 fully saturated rings. The summed E-state index contributed by atoms with van der Waals surface area (Å²) in [4.78, 5) is 13.0. The molecule has 0 saturated heterocycles. The fourth-order valence-electron chi connectivity index (χ4n) is 3.18. The zero-order valence-electron chi connectivity index (χ0n) is 17.0. The zero-order chi connectivity index (χ0) is 22.6. The van der Waals surface area contributed by atoms with Crippen LogP contribution < -0.4 is 9.62 Å². The van der Waals surface area contributed by atoms with Gasteiger partial charge in [0, 0.05) is 10.0 Å². The molecule has 3 aromatic rings. The van der Waals surface area contributed by atoms with Crippen LogP contribution in [0.3, 0.4) is 0 Å². The average Bonchev–Trinajstić information content (AvgIpc) is 2.70. The largest absolute Gasteiger partial charge is 0.344 e. The molecule has 1 amide bonds. The van der Waals surface area contributed by atoms with E-state index in [1.807, 2.05) is 61.5 Å². The minimum absolute atomic E-state index is 0.224. The molecule has 162 valence electrons. The molecule has 0 aliphatic heterocycles. The maximum Gasteiger partial charge on any atom is 0.241 e. The van der Waals surface area contributed by atoms with Gasteiger partial charge in [-0.15, -0.1) is 0 Å². The third kappa shape index (κ3) is 6.23. The number of carbonyl (C=O) groups is 1. The Hall–Kier alpha value is -2.54. The SMILES string of the molecule is Cc1ccc([C@@H](NC(=O)CN(c2cc(Cl)cc(Cl)c2)S(C)(=O)=O)c2ccccc2)cc1. The lowest BCUT2D eigenvalue weighted by Gasteiger charge is -2.25. The summed E-state index contributed by atoms with van der Waals surface area (Å²) < 4.78 is 25.8. The Morgan fingerprint density at radius 2 is 1.48 bits per heavy atom. The summed E-state index contributed by atoms with van der Waals surface area (Å²) >= 11 is 12.1. The molecule has 0 radical (unpaired) electrons. The van der Waals surface area contributed by atoms with Gasteiger partial charge >= 0.3 is 0 Å². The van der Waals surface area contributed by atoms with Crippen molar-refractivity contribution in [1.82, 2.24) is 5.32 Å². The van der Waals surface area contributed by atoms with Gasteiger partial charge in [0.2, 0.25) is 15.9 Å². The van der Waals surface area contributed by atoms with Gasteiger partial charge in [-0.3, -0.25) is 9.10 Å². The zero-order valence-corrected chi connectivity index (χ0v) is 19.4. The topological polar surface area (TPSA) is 66.5 Å². The predicted octanol–water partition coefficient (Wildman–Crippen LogP) is 4.97. The molecule has 31 heavy (non-hydrogen) atoms. The van der Waals surface area contributed by atoms with Crippen molar-refractivity contribution < 1.29 is 13.2 Å². The van der Waals surface area contributed by atoms with Gasteiger partial charge in [-0.2, -0.15) is 0 Å². The molecule has 8 heteroatoms. The molecule has 0 spiro atoms. The number of carbonyl (C=O) groups excluding carboxylic acids is 1. The van der Waals surface area contributed by atoms with Crippen LogP contribution in [0.15, 0.2) is 72.8 Å². The highest BCUT2D eigenvalue weighted by atomic mass is 35.5. The monoisotopic (exact) mass is 476 g/mol. The number of benzene rings is 3. The van der Waals surface area contributed by atoms with Gasteiger partial charge in [0.05, 0.1) is 18.0 Å². The number of halogens is 2. The van der Waals surface area contributed by atoms with Crippen molar-refractivity contribution in [1.29, 1.82) is 0 Å². The molecule has 0 aliphatic carbocycles. The first-order valence-electron chi connectivity index (χ1n) is 9.48. The van der Waals surface area contributed by atoms with Gasteiger partial charge in [-0.25, -0.2) is 8.42 Å². The molecule has 1 N–H and O–H groups in total. The molecule has 0 heterocycles. The molecular weight excluding hydrogens is 455 g/mol. The number of hydrogen-bond donors (Lipinski definition) is 1. The summed E-state index contributed by atoms with van der Waals surface area (Å²) in [7, 11) is -3.76. The number of rotatable bonds is 7. The summed E-state index contributed by atoms with van der Waals surface area (Å²) in [5, 5.41) is 3.51. The molecule has 5 nitrogen and oxygen atoms in total. The normalized spacial score (nSPS) is 12.3. The highest BCUT2D eigenvalue weighted by Gasteiger charge is 2.24. The van der Waals surface area contributed by atoms with E-state index >= 15 is 0 Å². The van der Waals surface area contributed by atoms with E-state index < -0.39 is 28.5 Å². The summed E-state index contributed by atoms with van der Waals surface area (Å²) in [5.74, 6) is -0.462. The Morgan fingerprint density at radius 1 is 0.935 bits per heavy atom. The van der Waals surface area contributed by atoms with Crippen molar-refractivity contribution in [2.24, 2.45) is 0 Å². The second-order valence-electron chi connectivity index (χ2n) is 7.22. The molecule has 0 aliphatic rings. The third-order valence-corrected chi connectivity index (χ3v) is 6.25. The van der Waals surface area contributed by atoms with Crippen LogP contribution in [0.5, 0.6) is 0 Å². The third-order valence-electron chi connectivity index (χ3n) is 4.67. The van der Waals surface area contributed by atoms with E-state index in [1.165, 1.54) is 18.2 Å². The summed E-state index contributed by atoms with van der Waals surface area (Å²) in [6, 6.07) is 21.3. The average molecular weight is 477 g/mol. The molecule has 0 saturated carbocycles. The quantitative estimate of drug-likeness (QED) is 0.523. The number of hydrogen-bond acceptors (Lipinski definition) is 3. The lowest BCUT2D eigenvalue weighted by Crippen LogP contribution is -2.41. The van der Waals surface area contributed by atoms with Gasteiger partial charge in [0.15, 0.2) is 0 Å². The van der Waals surface area contributed by atoms with Crippen molar-refractivity contribution >= 4 is 44.8 Å². The first-order chi connectivity index (χ1) is 14.6. The number of aryl methyl sites for hydroxylation is 1. The van der Waals surface area contributed by atoms with E-state index in [9.17, 15) is 13.2 Å². The van der Waals surface area contributed by atoms with Gasteiger partial charge < -0.3 is 5.32 Å². The number of amides is 1. The van der Waals surface area contributed by atoms with E-state index in [0.717, 1.165) is 27.3 Å². The highest BCUT2D eigenvalue weighted by molar-refractivity contribution is 7.92. The summed E-state index contributed by atoms with van der Waals surface area (Å²) in [5.41, 5.74) is 3.10. The Kier molecular flexibility index (Phi) is 7.26. The second-order valence-corrected chi connectivity index (χ2v) is 10.00.